The lowest BCUT2D eigenvalue weighted by molar-refractivity contribution is 0.245. The van der Waals surface area contributed by atoms with Crippen LogP contribution in [0.5, 0.6) is 0 Å². The van der Waals surface area contributed by atoms with E-state index < -0.39 is 0 Å². The van der Waals surface area contributed by atoms with Crippen LogP contribution in [-0.2, 0) is 0 Å². The SMILES string of the molecule is Cc1nccc(C(N)C2CCCC(C)C2)n1. The van der Waals surface area contributed by atoms with E-state index in [1.807, 2.05) is 19.2 Å². The first-order valence-corrected chi connectivity index (χ1v) is 6.22. The number of hydrogen-bond acceptors (Lipinski definition) is 3. The van der Waals surface area contributed by atoms with Crippen LogP contribution in [-0.4, -0.2) is 9.97 Å². The van der Waals surface area contributed by atoms with Crippen LogP contribution in [0.25, 0.3) is 0 Å². The van der Waals surface area contributed by atoms with Crippen molar-refractivity contribution in [1.82, 2.24) is 9.97 Å². The highest BCUT2D eigenvalue weighted by Crippen LogP contribution is 2.35. The van der Waals surface area contributed by atoms with Crippen LogP contribution in [0, 0.1) is 18.8 Å². The maximum Gasteiger partial charge on any atom is 0.125 e. The molecule has 1 aromatic rings. The Morgan fingerprint density at radius 3 is 2.94 bits per heavy atom. The average Bonchev–Trinajstić information content (AvgIpc) is 2.28. The minimum atomic E-state index is 0.0875. The summed E-state index contributed by atoms with van der Waals surface area (Å²) in [6, 6.07) is 2.04. The van der Waals surface area contributed by atoms with Crippen molar-refractivity contribution < 1.29 is 0 Å². The first-order chi connectivity index (χ1) is 7.66. The molecule has 16 heavy (non-hydrogen) atoms. The first-order valence-electron chi connectivity index (χ1n) is 6.22. The number of aryl methyl sites for hydroxylation is 1. The summed E-state index contributed by atoms with van der Waals surface area (Å²) in [6.45, 7) is 4.24. The zero-order valence-electron chi connectivity index (χ0n) is 10.2. The highest BCUT2D eigenvalue weighted by Gasteiger charge is 2.26. The summed E-state index contributed by atoms with van der Waals surface area (Å²) in [5.41, 5.74) is 7.32. The van der Waals surface area contributed by atoms with Crippen molar-refractivity contribution in [3.05, 3.63) is 23.8 Å². The molecule has 1 heterocycles. The van der Waals surface area contributed by atoms with E-state index in [2.05, 4.69) is 16.9 Å². The van der Waals surface area contributed by atoms with E-state index in [1.165, 1.54) is 25.7 Å². The fourth-order valence-electron chi connectivity index (χ4n) is 2.71. The van der Waals surface area contributed by atoms with Gasteiger partial charge in [0.15, 0.2) is 0 Å². The summed E-state index contributed by atoms with van der Waals surface area (Å²) in [4.78, 5) is 8.55. The van der Waals surface area contributed by atoms with Crippen molar-refractivity contribution in [2.24, 2.45) is 17.6 Å². The highest BCUT2D eigenvalue weighted by atomic mass is 14.9. The van der Waals surface area contributed by atoms with Gasteiger partial charge in [0.25, 0.3) is 0 Å². The van der Waals surface area contributed by atoms with Gasteiger partial charge in [0.2, 0.25) is 0 Å². The van der Waals surface area contributed by atoms with Gasteiger partial charge in [0.1, 0.15) is 5.82 Å². The molecule has 3 nitrogen and oxygen atoms in total. The van der Waals surface area contributed by atoms with Crippen molar-refractivity contribution in [3.8, 4) is 0 Å². The lowest BCUT2D eigenvalue weighted by Gasteiger charge is -2.30. The van der Waals surface area contributed by atoms with E-state index in [0.717, 1.165) is 17.4 Å². The Kier molecular flexibility index (Phi) is 3.54. The van der Waals surface area contributed by atoms with Gasteiger partial charge in [-0.1, -0.05) is 19.8 Å². The van der Waals surface area contributed by atoms with E-state index in [1.54, 1.807) is 0 Å². The zero-order chi connectivity index (χ0) is 11.5. The molecule has 1 saturated carbocycles. The largest absolute Gasteiger partial charge is 0.322 e. The van der Waals surface area contributed by atoms with Gasteiger partial charge in [0, 0.05) is 12.2 Å². The normalized spacial score (nSPS) is 27.7. The van der Waals surface area contributed by atoms with Crippen LogP contribution in [0.2, 0.25) is 0 Å². The van der Waals surface area contributed by atoms with Crippen LogP contribution < -0.4 is 5.73 Å². The quantitative estimate of drug-likeness (QED) is 0.831. The van der Waals surface area contributed by atoms with Gasteiger partial charge in [-0.15, -0.1) is 0 Å². The Morgan fingerprint density at radius 1 is 1.44 bits per heavy atom. The molecule has 0 saturated heterocycles. The molecule has 0 spiro atoms. The maximum atomic E-state index is 6.31. The summed E-state index contributed by atoms with van der Waals surface area (Å²) in [7, 11) is 0. The molecular weight excluding hydrogens is 198 g/mol. The Hall–Kier alpha value is -0.960. The minimum Gasteiger partial charge on any atom is -0.322 e. The van der Waals surface area contributed by atoms with Crippen molar-refractivity contribution in [2.45, 2.75) is 45.6 Å². The molecule has 0 radical (unpaired) electrons. The van der Waals surface area contributed by atoms with Crippen LogP contribution in [0.4, 0.5) is 0 Å². The fraction of sp³-hybridized carbons (Fsp3) is 0.692. The fourth-order valence-corrected chi connectivity index (χ4v) is 2.71. The zero-order valence-corrected chi connectivity index (χ0v) is 10.2. The summed E-state index contributed by atoms with van der Waals surface area (Å²) in [6.07, 6.45) is 6.96. The van der Waals surface area contributed by atoms with Crippen molar-refractivity contribution in [1.29, 1.82) is 0 Å². The second-order valence-electron chi connectivity index (χ2n) is 5.09. The summed E-state index contributed by atoms with van der Waals surface area (Å²) in [5, 5.41) is 0. The summed E-state index contributed by atoms with van der Waals surface area (Å²) in [5.74, 6) is 2.22. The highest BCUT2D eigenvalue weighted by molar-refractivity contribution is 5.08. The Morgan fingerprint density at radius 2 is 2.25 bits per heavy atom. The molecule has 0 aromatic carbocycles. The maximum absolute atomic E-state index is 6.31. The smallest absolute Gasteiger partial charge is 0.125 e. The molecule has 3 unspecified atom stereocenters. The van der Waals surface area contributed by atoms with E-state index >= 15 is 0 Å². The second-order valence-corrected chi connectivity index (χ2v) is 5.09. The van der Waals surface area contributed by atoms with Gasteiger partial charge in [-0.25, -0.2) is 9.97 Å². The predicted octanol–water partition coefficient (Wildman–Crippen LogP) is 2.61. The van der Waals surface area contributed by atoms with Crippen molar-refractivity contribution in [2.75, 3.05) is 0 Å². The Bertz CT molecular complexity index is 351. The number of aromatic nitrogens is 2. The third-order valence-electron chi connectivity index (χ3n) is 3.62. The van der Waals surface area contributed by atoms with Gasteiger partial charge in [-0.2, -0.15) is 0 Å². The average molecular weight is 219 g/mol. The van der Waals surface area contributed by atoms with Crippen LogP contribution in [0.1, 0.15) is 50.2 Å². The predicted molar refractivity (Wildman–Crippen MR) is 64.8 cm³/mol. The molecule has 0 aliphatic heterocycles. The van der Waals surface area contributed by atoms with Gasteiger partial charge in [-0.3, -0.25) is 0 Å². The standard InChI is InChI=1S/C13H21N3/c1-9-4-3-5-11(8-9)13(14)12-6-7-15-10(2)16-12/h6-7,9,11,13H,3-5,8,14H2,1-2H3. The number of nitrogens with zero attached hydrogens (tertiary/aromatic N) is 2. The second kappa shape index (κ2) is 4.91. The van der Waals surface area contributed by atoms with E-state index in [0.29, 0.717) is 5.92 Å². The number of rotatable bonds is 2. The number of nitrogens with two attached hydrogens (primary N) is 1. The lowest BCUT2D eigenvalue weighted by atomic mass is 9.78. The van der Waals surface area contributed by atoms with Gasteiger partial charge >= 0.3 is 0 Å². The van der Waals surface area contributed by atoms with Gasteiger partial charge in [-0.05, 0) is 37.7 Å². The topological polar surface area (TPSA) is 51.8 Å². The summed E-state index contributed by atoms with van der Waals surface area (Å²) >= 11 is 0. The molecule has 1 aromatic heterocycles. The first kappa shape index (κ1) is 11.5. The van der Waals surface area contributed by atoms with E-state index in [9.17, 15) is 0 Å². The van der Waals surface area contributed by atoms with E-state index in [4.69, 9.17) is 5.73 Å². The minimum absolute atomic E-state index is 0.0875. The Labute approximate surface area is 97.5 Å². The van der Waals surface area contributed by atoms with Crippen molar-refractivity contribution >= 4 is 0 Å². The molecule has 2 N–H and O–H groups in total. The Balaban J connectivity index is 2.09. The molecule has 3 heteroatoms. The molecule has 2 rings (SSSR count). The van der Waals surface area contributed by atoms with Crippen LogP contribution in [0.3, 0.4) is 0 Å². The molecule has 1 fully saturated rings. The van der Waals surface area contributed by atoms with Crippen LogP contribution in [0.15, 0.2) is 12.3 Å². The monoisotopic (exact) mass is 219 g/mol. The van der Waals surface area contributed by atoms with Crippen molar-refractivity contribution in [3.63, 3.8) is 0 Å². The molecule has 3 atom stereocenters. The molecule has 1 aliphatic carbocycles. The summed E-state index contributed by atoms with van der Waals surface area (Å²) < 4.78 is 0. The third kappa shape index (κ3) is 2.59. The molecule has 88 valence electrons. The molecular formula is C13H21N3. The van der Waals surface area contributed by atoms with Gasteiger partial charge in [0.05, 0.1) is 5.69 Å². The number of hydrogen-bond donors (Lipinski definition) is 1. The molecule has 1 aliphatic rings. The van der Waals surface area contributed by atoms with Crippen LogP contribution >= 0.6 is 0 Å². The third-order valence-corrected chi connectivity index (χ3v) is 3.62. The van der Waals surface area contributed by atoms with E-state index in [-0.39, 0.29) is 6.04 Å². The van der Waals surface area contributed by atoms with Gasteiger partial charge < -0.3 is 5.73 Å². The lowest BCUT2D eigenvalue weighted by Crippen LogP contribution is -2.27. The molecule has 0 bridgehead atoms. The molecule has 0 amide bonds.